The van der Waals surface area contributed by atoms with E-state index >= 15 is 0 Å². The minimum Gasteiger partial charge on any atom is -0.337 e. The summed E-state index contributed by atoms with van der Waals surface area (Å²) in [6, 6.07) is 18.5. The quantitative estimate of drug-likeness (QED) is 0.387. The zero-order valence-corrected chi connectivity index (χ0v) is 19.0. The second kappa shape index (κ2) is 8.98. The normalized spacial score (nSPS) is 12.1. The maximum Gasteiger partial charge on any atom is 0.418 e. The molecule has 0 aliphatic heterocycles. The summed E-state index contributed by atoms with van der Waals surface area (Å²) < 4.78 is 67.6. The number of carbonyl (C=O) groups is 1. The van der Waals surface area contributed by atoms with Gasteiger partial charge in [-0.1, -0.05) is 60.2 Å². The van der Waals surface area contributed by atoms with Crippen LogP contribution in [0.15, 0.2) is 83.9 Å². The fraction of sp³-hybridized carbons (Fsp3) is 0.160. The predicted molar refractivity (Wildman–Crippen MR) is 124 cm³/mol. The largest absolute Gasteiger partial charge is 0.418 e. The number of para-hydroxylation sites is 2. The van der Waals surface area contributed by atoms with E-state index in [2.05, 4.69) is 5.32 Å². The summed E-state index contributed by atoms with van der Waals surface area (Å²) in [4.78, 5) is 12.7. The van der Waals surface area contributed by atoms with E-state index in [-0.39, 0.29) is 22.9 Å². The first-order valence-electron chi connectivity index (χ1n) is 10.4. The van der Waals surface area contributed by atoms with Gasteiger partial charge in [-0.25, -0.2) is 8.42 Å². The zero-order chi connectivity index (χ0) is 24.5. The number of halogens is 3. The van der Waals surface area contributed by atoms with E-state index in [1.165, 1.54) is 29.0 Å². The summed E-state index contributed by atoms with van der Waals surface area (Å²) in [5.41, 5.74) is 0.815. The molecule has 0 saturated carbocycles. The first kappa shape index (κ1) is 23.6. The Bertz CT molecular complexity index is 1460. The van der Waals surface area contributed by atoms with Crippen LogP contribution >= 0.6 is 0 Å². The van der Waals surface area contributed by atoms with Crippen LogP contribution in [0.5, 0.6) is 0 Å². The SMILES string of the molecule is Cc1ccc(CS(=O)(=O)c2cn(CC(=O)Nc3ccccc3C(F)(F)F)c3ccccc23)cc1. The van der Waals surface area contributed by atoms with Crippen molar-refractivity contribution in [2.45, 2.75) is 30.3 Å². The van der Waals surface area contributed by atoms with Crippen LogP contribution in [-0.2, 0) is 33.1 Å². The zero-order valence-electron chi connectivity index (χ0n) is 18.1. The number of aromatic nitrogens is 1. The van der Waals surface area contributed by atoms with Crippen molar-refractivity contribution in [2.24, 2.45) is 0 Å². The van der Waals surface area contributed by atoms with Gasteiger partial charge >= 0.3 is 6.18 Å². The molecule has 0 fully saturated rings. The average molecular weight is 487 g/mol. The topological polar surface area (TPSA) is 68.2 Å². The Morgan fingerprint density at radius 2 is 1.59 bits per heavy atom. The number of fused-ring (bicyclic) bond motifs is 1. The van der Waals surface area contributed by atoms with Gasteiger partial charge < -0.3 is 9.88 Å². The molecule has 3 aromatic carbocycles. The first-order chi connectivity index (χ1) is 16.0. The Balaban J connectivity index is 1.64. The molecule has 1 heterocycles. The van der Waals surface area contributed by atoms with Crippen LogP contribution in [-0.4, -0.2) is 18.9 Å². The lowest BCUT2D eigenvalue weighted by Crippen LogP contribution is -2.20. The molecule has 9 heteroatoms. The number of nitrogens with one attached hydrogen (secondary N) is 1. The second-order valence-corrected chi connectivity index (χ2v) is 9.93. The summed E-state index contributed by atoms with van der Waals surface area (Å²) in [6.45, 7) is 1.55. The highest BCUT2D eigenvalue weighted by Gasteiger charge is 2.33. The number of carbonyl (C=O) groups excluding carboxylic acids is 1. The lowest BCUT2D eigenvalue weighted by atomic mass is 10.1. The van der Waals surface area contributed by atoms with Gasteiger partial charge in [0.15, 0.2) is 9.84 Å². The Hall–Kier alpha value is -3.59. The lowest BCUT2D eigenvalue weighted by molar-refractivity contribution is -0.137. The number of amides is 1. The van der Waals surface area contributed by atoms with Gasteiger partial charge in [-0.2, -0.15) is 13.2 Å². The van der Waals surface area contributed by atoms with Crippen molar-refractivity contribution in [3.05, 3.63) is 95.7 Å². The van der Waals surface area contributed by atoms with Crippen molar-refractivity contribution in [3.8, 4) is 0 Å². The molecule has 1 amide bonds. The average Bonchev–Trinajstić information content (AvgIpc) is 3.14. The maximum absolute atomic E-state index is 13.2. The van der Waals surface area contributed by atoms with Crippen molar-refractivity contribution in [1.82, 2.24) is 4.57 Å². The van der Waals surface area contributed by atoms with E-state index in [1.54, 1.807) is 36.4 Å². The molecule has 5 nitrogen and oxygen atoms in total. The molecule has 0 radical (unpaired) electrons. The van der Waals surface area contributed by atoms with Crippen molar-refractivity contribution >= 4 is 32.3 Å². The van der Waals surface area contributed by atoms with Gasteiger partial charge in [-0.05, 0) is 30.7 Å². The fourth-order valence-electron chi connectivity index (χ4n) is 3.76. The third kappa shape index (κ3) is 4.99. The summed E-state index contributed by atoms with van der Waals surface area (Å²) in [5, 5.41) is 2.74. The molecular weight excluding hydrogens is 465 g/mol. The molecule has 4 rings (SSSR count). The van der Waals surface area contributed by atoms with Crippen molar-refractivity contribution < 1.29 is 26.4 Å². The summed E-state index contributed by atoms with van der Waals surface area (Å²) in [5.74, 6) is -0.924. The highest BCUT2D eigenvalue weighted by Crippen LogP contribution is 2.34. The molecular formula is C25H21F3N2O3S. The second-order valence-electron chi connectivity index (χ2n) is 7.97. The van der Waals surface area contributed by atoms with Crippen LogP contribution in [0.2, 0.25) is 0 Å². The van der Waals surface area contributed by atoms with Crippen LogP contribution in [0.3, 0.4) is 0 Å². The van der Waals surface area contributed by atoms with Gasteiger partial charge in [-0.15, -0.1) is 0 Å². The standard InChI is InChI=1S/C25H21F3N2O3S/c1-17-10-12-18(13-11-17)16-34(32,33)23-14-30(22-9-5-2-6-19(22)23)15-24(31)29-21-8-4-3-7-20(21)25(26,27)28/h2-14H,15-16H2,1H3,(H,29,31). The van der Waals surface area contributed by atoms with E-state index in [0.29, 0.717) is 16.5 Å². The molecule has 0 aliphatic carbocycles. The Morgan fingerprint density at radius 3 is 2.29 bits per heavy atom. The molecule has 0 unspecified atom stereocenters. The number of hydrogen-bond acceptors (Lipinski definition) is 3. The highest BCUT2D eigenvalue weighted by molar-refractivity contribution is 7.90. The van der Waals surface area contributed by atoms with Crippen LogP contribution < -0.4 is 5.32 Å². The monoisotopic (exact) mass is 486 g/mol. The number of aryl methyl sites for hydroxylation is 1. The van der Waals surface area contributed by atoms with Gasteiger partial charge in [0.1, 0.15) is 6.54 Å². The van der Waals surface area contributed by atoms with Gasteiger partial charge in [0.2, 0.25) is 5.91 Å². The molecule has 0 aliphatic rings. The molecule has 176 valence electrons. The molecule has 0 spiro atoms. The Kier molecular flexibility index (Phi) is 6.22. The van der Waals surface area contributed by atoms with Gasteiger partial charge in [0, 0.05) is 17.1 Å². The summed E-state index contributed by atoms with van der Waals surface area (Å²) in [6.07, 6.45) is -3.26. The molecule has 1 aromatic heterocycles. The van der Waals surface area contributed by atoms with E-state index < -0.39 is 27.5 Å². The van der Waals surface area contributed by atoms with Crippen molar-refractivity contribution in [3.63, 3.8) is 0 Å². The third-order valence-corrected chi connectivity index (χ3v) is 7.09. The molecule has 0 atom stereocenters. The molecule has 34 heavy (non-hydrogen) atoms. The molecule has 0 saturated heterocycles. The van der Waals surface area contributed by atoms with Gasteiger partial charge in [0.25, 0.3) is 0 Å². The Morgan fingerprint density at radius 1 is 0.941 bits per heavy atom. The smallest absolute Gasteiger partial charge is 0.337 e. The van der Waals surface area contributed by atoms with Crippen molar-refractivity contribution in [2.75, 3.05) is 5.32 Å². The number of nitrogens with zero attached hydrogens (tertiary/aromatic N) is 1. The van der Waals surface area contributed by atoms with E-state index in [1.807, 2.05) is 19.1 Å². The summed E-state index contributed by atoms with van der Waals surface area (Å²) in [7, 11) is -3.75. The minimum atomic E-state index is -4.62. The van der Waals surface area contributed by atoms with Gasteiger partial charge in [-0.3, -0.25) is 4.79 Å². The fourth-order valence-corrected chi connectivity index (χ4v) is 5.34. The molecule has 1 N–H and O–H groups in total. The molecule has 0 bridgehead atoms. The first-order valence-corrected chi connectivity index (χ1v) is 12.0. The lowest BCUT2D eigenvalue weighted by Gasteiger charge is -2.14. The van der Waals surface area contributed by atoms with Crippen molar-refractivity contribution in [1.29, 1.82) is 0 Å². The number of hydrogen-bond donors (Lipinski definition) is 1. The number of rotatable bonds is 6. The van der Waals surface area contributed by atoms with E-state index in [9.17, 15) is 26.4 Å². The van der Waals surface area contributed by atoms with E-state index in [4.69, 9.17) is 0 Å². The van der Waals surface area contributed by atoms with Crippen LogP contribution in [0, 0.1) is 6.92 Å². The number of alkyl halides is 3. The Labute approximate surface area is 194 Å². The van der Waals surface area contributed by atoms with Crippen LogP contribution in [0.1, 0.15) is 16.7 Å². The maximum atomic E-state index is 13.2. The van der Waals surface area contributed by atoms with Crippen LogP contribution in [0.25, 0.3) is 10.9 Å². The number of sulfone groups is 1. The van der Waals surface area contributed by atoms with E-state index in [0.717, 1.165) is 11.6 Å². The number of anilines is 1. The number of benzene rings is 3. The van der Waals surface area contributed by atoms with Crippen LogP contribution in [0.4, 0.5) is 18.9 Å². The highest BCUT2D eigenvalue weighted by atomic mass is 32.2. The van der Waals surface area contributed by atoms with Gasteiger partial charge in [0.05, 0.1) is 21.9 Å². The minimum absolute atomic E-state index is 0.0622. The molecule has 4 aromatic rings. The third-order valence-electron chi connectivity index (χ3n) is 5.38. The summed E-state index contributed by atoms with van der Waals surface area (Å²) >= 11 is 0. The predicted octanol–water partition coefficient (Wildman–Crippen LogP) is 5.58.